The third-order valence-electron chi connectivity index (χ3n) is 3.38. The van der Waals surface area contributed by atoms with E-state index in [4.69, 9.17) is 18.8 Å². The van der Waals surface area contributed by atoms with E-state index in [2.05, 4.69) is 20.8 Å². The van der Waals surface area contributed by atoms with Gasteiger partial charge < -0.3 is 16.0 Å². The Hall–Kier alpha value is -3.19. The first-order valence-corrected chi connectivity index (χ1v) is 7.75. The van der Waals surface area contributed by atoms with Gasteiger partial charge in [0.15, 0.2) is 10.8 Å². The van der Waals surface area contributed by atoms with Crippen LogP contribution in [0.3, 0.4) is 0 Å². The maximum atomic E-state index is 13.9. The van der Waals surface area contributed by atoms with E-state index in [9.17, 15) is 22.4 Å². The molecular formula is C17H12F4N4OS. The summed E-state index contributed by atoms with van der Waals surface area (Å²) in [6.07, 6.45) is -4.69. The number of hydrogen-bond acceptors (Lipinski definition) is 2. The van der Waals surface area contributed by atoms with Crippen molar-refractivity contribution in [1.29, 1.82) is 0 Å². The van der Waals surface area contributed by atoms with Gasteiger partial charge in [-0.2, -0.15) is 13.2 Å². The van der Waals surface area contributed by atoms with Crippen molar-refractivity contribution in [3.8, 4) is 0 Å². The topological polar surface area (TPSA) is 57.5 Å². The highest BCUT2D eigenvalue weighted by Gasteiger charge is 2.33. The van der Waals surface area contributed by atoms with Crippen molar-refractivity contribution in [2.75, 3.05) is 17.7 Å². The van der Waals surface area contributed by atoms with Crippen LogP contribution >= 0.6 is 12.2 Å². The quantitative estimate of drug-likeness (QED) is 0.404. The Bertz CT molecular complexity index is 938. The molecule has 0 heterocycles. The largest absolute Gasteiger partial charge is 0.407 e. The highest BCUT2D eigenvalue weighted by atomic mass is 32.1. The molecule has 0 radical (unpaired) electrons. The molecule has 0 spiro atoms. The van der Waals surface area contributed by atoms with E-state index in [1.807, 2.05) is 0 Å². The number of carbonyl (C=O) groups excluding carboxylic acids is 1. The Kier molecular flexibility index (Phi) is 5.97. The highest BCUT2D eigenvalue weighted by molar-refractivity contribution is 7.80. The fourth-order valence-corrected chi connectivity index (χ4v) is 2.38. The van der Waals surface area contributed by atoms with Gasteiger partial charge in [-0.25, -0.2) is 9.24 Å². The lowest BCUT2D eigenvalue weighted by Gasteiger charge is -2.14. The van der Waals surface area contributed by atoms with Crippen LogP contribution in [0.5, 0.6) is 0 Å². The molecule has 5 nitrogen and oxygen atoms in total. The Morgan fingerprint density at radius 2 is 1.70 bits per heavy atom. The minimum absolute atomic E-state index is 0.00896. The van der Waals surface area contributed by atoms with Crippen LogP contribution in [0, 0.1) is 12.4 Å². The van der Waals surface area contributed by atoms with Crippen LogP contribution in [0.15, 0.2) is 36.4 Å². The number of nitrogens with one attached hydrogen (secondary N) is 3. The van der Waals surface area contributed by atoms with Crippen molar-refractivity contribution in [3.05, 3.63) is 64.8 Å². The molecule has 0 saturated carbocycles. The van der Waals surface area contributed by atoms with Crippen molar-refractivity contribution < 1.29 is 22.4 Å². The average Bonchev–Trinajstić information content (AvgIpc) is 2.60. The Balaban J connectivity index is 2.16. The minimum atomic E-state index is -4.69. The summed E-state index contributed by atoms with van der Waals surface area (Å²) >= 11 is 5.00. The molecule has 2 rings (SSSR count). The molecule has 0 unspecified atom stereocenters. The molecule has 3 N–H and O–H groups in total. The molecule has 0 aliphatic heterocycles. The zero-order valence-electron chi connectivity index (χ0n) is 13.7. The van der Waals surface area contributed by atoms with Gasteiger partial charge in [-0.15, -0.1) is 0 Å². The first kappa shape index (κ1) is 20.1. The third kappa shape index (κ3) is 4.92. The number of alkyl halides is 3. The molecule has 0 saturated heterocycles. The normalized spacial score (nSPS) is 10.7. The van der Waals surface area contributed by atoms with Gasteiger partial charge in [-0.3, -0.25) is 4.79 Å². The molecule has 0 fully saturated rings. The summed E-state index contributed by atoms with van der Waals surface area (Å²) in [6, 6.07) is 6.72. The van der Waals surface area contributed by atoms with E-state index < -0.39 is 29.2 Å². The summed E-state index contributed by atoms with van der Waals surface area (Å²) in [7, 11) is 1.36. The molecule has 0 aromatic heterocycles. The molecule has 0 aliphatic rings. The predicted molar refractivity (Wildman–Crippen MR) is 97.3 cm³/mol. The SMILES string of the molecule is [C-]#[N+]c1ccc(NC(=S)Nc2ccc(C(=O)NC)c(F)c2)cc1C(F)(F)F. The predicted octanol–water partition coefficient (Wildman–Crippen LogP) is 4.56. The van der Waals surface area contributed by atoms with Gasteiger partial charge in [0.05, 0.1) is 17.7 Å². The first-order chi connectivity index (χ1) is 12.7. The average molecular weight is 396 g/mol. The van der Waals surface area contributed by atoms with Crippen LogP contribution in [-0.4, -0.2) is 18.1 Å². The molecule has 0 atom stereocenters. The zero-order valence-corrected chi connectivity index (χ0v) is 14.6. The Labute approximate surface area is 157 Å². The standard InChI is InChI=1S/C17H12F4N4OS/c1-22-14-6-4-9(7-12(14)17(19,20)21)24-16(27)25-10-3-5-11(13(18)8-10)15(26)23-2/h3-8H,2H3,(H,23,26)(H2,24,25,27). The molecule has 2 aromatic carbocycles. The summed E-state index contributed by atoms with van der Waals surface area (Å²) in [5, 5.41) is 7.35. The van der Waals surface area contributed by atoms with E-state index in [1.54, 1.807) is 0 Å². The number of anilines is 2. The van der Waals surface area contributed by atoms with Gasteiger partial charge in [-0.1, -0.05) is 6.07 Å². The maximum absolute atomic E-state index is 13.9. The van der Waals surface area contributed by atoms with Crippen LogP contribution in [0.1, 0.15) is 15.9 Å². The lowest BCUT2D eigenvalue weighted by Crippen LogP contribution is -2.21. The van der Waals surface area contributed by atoms with Crippen LogP contribution in [0.2, 0.25) is 0 Å². The first-order valence-electron chi connectivity index (χ1n) is 7.34. The molecule has 10 heteroatoms. The number of rotatable bonds is 3. The third-order valence-corrected chi connectivity index (χ3v) is 3.58. The lowest BCUT2D eigenvalue weighted by atomic mass is 10.1. The van der Waals surface area contributed by atoms with Crippen LogP contribution in [0.25, 0.3) is 4.85 Å². The monoisotopic (exact) mass is 396 g/mol. The number of benzene rings is 2. The second-order valence-corrected chi connectivity index (χ2v) is 5.60. The van der Waals surface area contributed by atoms with Gasteiger partial charge in [0.25, 0.3) is 5.91 Å². The lowest BCUT2D eigenvalue weighted by molar-refractivity contribution is -0.136. The number of nitrogens with zero attached hydrogens (tertiary/aromatic N) is 1. The second kappa shape index (κ2) is 8.01. The van der Waals surface area contributed by atoms with E-state index in [-0.39, 0.29) is 22.1 Å². The van der Waals surface area contributed by atoms with Crippen LogP contribution in [0.4, 0.5) is 34.6 Å². The van der Waals surface area contributed by atoms with E-state index in [0.29, 0.717) is 0 Å². The van der Waals surface area contributed by atoms with Gasteiger partial charge in [0.1, 0.15) is 5.82 Å². The van der Waals surface area contributed by atoms with Gasteiger partial charge in [0, 0.05) is 18.4 Å². The minimum Gasteiger partial charge on any atom is -0.355 e. The second-order valence-electron chi connectivity index (χ2n) is 5.19. The molecule has 0 bridgehead atoms. The highest BCUT2D eigenvalue weighted by Crippen LogP contribution is 2.38. The summed E-state index contributed by atoms with van der Waals surface area (Å²) in [5.41, 5.74) is -1.57. The fraction of sp³-hybridized carbons (Fsp3) is 0.118. The Morgan fingerprint density at radius 3 is 2.22 bits per heavy atom. The van der Waals surface area contributed by atoms with Crippen LogP contribution < -0.4 is 16.0 Å². The zero-order chi connectivity index (χ0) is 20.2. The maximum Gasteiger partial charge on any atom is 0.407 e. The van der Waals surface area contributed by atoms with E-state index in [0.717, 1.165) is 18.2 Å². The summed E-state index contributed by atoms with van der Waals surface area (Å²) in [5.74, 6) is -1.39. The number of hydrogen-bond donors (Lipinski definition) is 3. The molecule has 1 amide bonds. The van der Waals surface area contributed by atoms with Gasteiger partial charge in [0.2, 0.25) is 0 Å². The van der Waals surface area contributed by atoms with Crippen molar-refractivity contribution in [3.63, 3.8) is 0 Å². The van der Waals surface area contributed by atoms with Crippen molar-refractivity contribution >= 4 is 40.3 Å². The van der Waals surface area contributed by atoms with Crippen molar-refractivity contribution in [1.82, 2.24) is 5.32 Å². The van der Waals surface area contributed by atoms with Crippen LogP contribution in [-0.2, 0) is 6.18 Å². The summed E-state index contributed by atoms with van der Waals surface area (Å²) < 4.78 is 52.9. The van der Waals surface area contributed by atoms with Gasteiger partial charge in [-0.05, 0) is 42.5 Å². The molecule has 0 aliphatic carbocycles. The van der Waals surface area contributed by atoms with E-state index in [1.165, 1.54) is 25.2 Å². The van der Waals surface area contributed by atoms with Gasteiger partial charge >= 0.3 is 6.18 Å². The van der Waals surface area contributed by atoms with Crippen molar-refractivity contribution in [2.24, 2.45) is 0 Å². The molecule has 140 valence electrons. The summed E-state index contributed by atoms with van der Waals surface area (Å²) in [4.78, 5) is 14.3. The number of thiocarbonyl (C=S) groups is 1. The molecule has 2 aromatic rings. The Morgan fingerprint density at radius 1 is 1.11 bits per heavy atom. The van der Waals surface area contributed by atoms with E-state index >= 15 is 0 Å². The smallest absolute Gasteiger partial charge is 0.355 e. The summed E-state index contributed by atoms with van der Waals surface area (Å²) in [6.45, 7) is 6.81. The number of halogens is 4. The van der Waals surface area contributed by atoms with Crippen molar-refractivity contribution in [2.45, 2.75) is 6.18 Å². The number of amides is 1. The molecular weight excluding hydrogens is 384 g/mol. The molecule has 27 heavy (non-hydrogen) atoms. The fourth-order valence-electron chi connectivity index (χ4n) is 2.14. The number of carbonyl (C=O) groups is 1.